The van der Waals surface area contributed by atoms with Crippen molar-refractivity contribution in [1.82, 2.24) is 10.2 Å². The van der Waals surface area contributed by atoms with Gasteiger partial charge >= 0.3 is 0 Å². The molecule has 1 fully saturated rings. The smallest absolute Gasteiger partial charge is 0.275 e. The van der Waals surface area contributed by atoms with Crippen LogP contribution < -0.4 is 15.0 Å². The Morgan fingerprint density at radius 3 is 2.70 bits per heavy atom. The van der Waals surface area contributed by atoms with E-state index in [1.807, 2.05) is 30.9 Å². The summed E-state index contributed by atoms with van der Waals surface area (Å²) in [6.45, 7) is 8.81. The molecule has 0 unspecified atom stereocenters. The number of carbonyl (C=O) groups excluding carboxylic acids is 2. The predicted octanol–water partition coefficient (Wildman–Crippen LogP) is 1.06. The topological polar surface area (TPSA) is 63.1 Å². The van der Waals surface area contributed by atoms with E-state index in [-0.39, 0.29) is 11.8 Å². The Hall–Kier alpha value is -1.79. The minimum Gasteiger partial charge on any atom is -0.493 e. The molecule has 1 heterocycles. The van der Waals surface area contributed by atoms with E-state index in [2.05, 4.69) is 5.32 Å². The fourth-order valence-corrected chi connectivity index (χ4v) is 3.37. The van der Waals surface area contributed by atoms with Crippen LogP contribution in [0, 0.1) is 6.92 Å². The average molecular weight is 397 g/mol. The highest BCUT2D eigenvalue weighted by Crippen LogP contribution is 2.21. The van der Waals surface area contributed by atoms with Crippen molar-refractivity contribution in [2.45, 2.75) is 33.1 Å². The van der Waals surface area contributed by atoms with Gasteiger partial charge in [0, 0.05) is 18.0 Å². The van der Waals surface area contributed by atoms with Crippen LogP contribution >= 0.6 is 11.6 Å². The molecule has 1 aliphatic rings. The number of hydrogen-bond donors (Lipinski definition) is 2. The Balaban J connectivity index is 1.62. The number of piperazine rings is 1. The van der Waals surface area contributed by atoms with Gasteiger partial charge in [-0.05, 0) is 43.5 Å². The standard InChI is InChI=1S/C20H30ClN3O3/c1-3-8-22-19(25)15-23-9-11-24(12-10-23)20(26)5-4-13-27-18-7-6-17(21)14-16(18)2/h6-7,14H,3-5,8-13,15H2,1-2H3,(H,22,25)/p+1. The Bertz CT molecular complexity index is 631. The van der Waals surface area contributed by atoms with E-state index in [1.165, 1.54) is 4.90 Å². The van der Waals surface area contributed by atoms with E-state index < -0.39 is 0 Å². The number of benzene rings is 1. The summed E-state index contributed by atoms with van der Waals surface area (Å²) in [4.78, 5) is 27.3. The summed E-state index contributed by atoms with van der Waals surface area (Å²) in [5.74, 6) is 1.08. The summed E-state index contributed by atoms with van der Waals surface area (Å²) in [6.07, 6.45) is 2.12. The van der Waals surface area contributed by atoms with E-state index >= 15 is 0 Å². The number of amides is 2. The quantitative estimate of drug-likeness (QED) is 0.613. The maximum absolute atomic E-state index is 12.4. The van der Waals surface area contributed by atoms with Gasteiger partial charge in [0.15, 0.2) is 6.54 Å². The number of halogens is 1. The molecule has 0 aliphatic carbocycles. The highest BCUT2D eigenvalue weighted by atomic mass is 35.5. The molecule has 0 atom stereocenters. The number of aryl methyl sites for hydroxylation is 1. The van der Waals surface area contributed by atoms with Gasteiger partial charge in [0.05, 0.1) is 32.8 Å². The summed E-state index contributed by atoms with van der Waals surface area (Å²) < 4.78 is 5.74. The molecule has 2 rings (SSSR count). The summed E-state index contributed by atoms with van der Waals surface area (Å²) in [5.41, 5.74) is 0.996. The fourth-order valence-electron chi connectivity index (χ4n) is 3.14. The normalized spacial score (nSPS) is 14.9. The number of nitrogens with zero attached hydrogens (tertiary/aromatic N) is 1. The second-order valence-corrected chi connectivity index (χ2v) is 7.46. The summed E-state index contributed by atoms with van der Waals surface area (Å²) >= 11 is 5.94. The molecule has 1 aromatic carbocycles. The van der Waals surface area contributed by atoms with Crippen LogP contribution in [0.15, 0.2) is 18.2 Å². The second kappa shape index (κ2) is 11.1. The van der Waals surface area contributed by atoms with Crippen molar-refractivity contribution in [3.63, 3.8) is 0 Å². The first-order valence-electron chi connectivity index (χ1n) is 9.76. The first-order chi connectivity index (χ1) is 13.0. The minimum absolute atomic E-state index is 0.0984. The zero-order valence-corrected chi connectivity index (χ0v) is 17.1. The van der Waals surface area contributed by atoms with Crippen LogP contribution in [0.3, 0.4) is 0 Å². The maximum Gasteiger partial charge on any atom is 0.275 e. The molecule has 2 N–H and O–H groups in total. The van der Waals surface area contributed by atoms with Crippen molar-refractivity contribution in [2.75, 3.05) is 45.9 Å². The van der Waals surface area contributed by atoms with Gasteiger partial charge in [0.2, 0.25) is 5.91 Å². The molecule has 1 saturated heterocycles. The van der Waals surface area contributed by atoms with Crippen LogP contribution in [0.5, 0.6) is 5.75 Å². The lowest BCUT2D eigenvalue weighted by Crippen LogP contribution is -3.15. The lowest BCUT2D eigenvalue weighted by atomic mass is 10.2. The highest BCUT2D eigenvalue weighted by Gasteiger charge is 2.24. The number of carbonyl (C=O) groups is 2. The van der Waals surface area contributed by atoms with Crippen molar-refractivity contribution in [3.8, 4) is 5.75 Å². The maximum atomic E-state index is 12.4. The predicted molar refractivity (Wildman–Crippen MR) is 106 cm³/mol. The molecule has 150 valence electrons. The fraction of sp³-hybridized carbons (Fsp3) is 0.600. The van der Waals surface area contributed by atoms with Crippen LogP contribution in [0.25, 0.3) is 0 Å². The average Bonchev–Trinajstić information content (AvgIpc) is 2.65. The van der Waals surface area contributed by atoms with E-state index in [9.17, 15) is 9.59 Å². The molecule has 0 bridgehead atoms. The molecule has 27 heavy (non-hydrogen) atoms. The van der Waals surface area contributed by atoms with E-state index in [1.54, 1.807) is 6.07 Å². The van der Waals surface area contributed by atoms with Crippen molar-refractivity contribution < 1.29 is 19.2 Å². The third-order valence-electron chi connectivity index (χ3n) is 4.74. The van der Waals surface area contributed by atoms with E-state index in [4.69, 9.17) is 16.3 Å². The van der Waals surface area contributed by atoms with E-state index in [0.717, 1.165) is 37.4 Å². The van der Waals surface area contributed by atoms with E-state index in [0.29, 0.717) is 44.1 Å². The minimum atomic E-state index is 0.0984. The molecule has 0 aromatic heterocycles. The molecule has 7 heteroatoms. The Kier molecular flexibility index (Phi) is 8.88. The SMILES string of the molecule is CCCNC(=O)C[NH+]1CCN(C(=O)CCCOc2ccc(Cl)cc2C)CC1. The Labute approximate surface area is 166 Å². The van der Waals surface area contributed by atoms with Crippen molar-refractivity contribution in [3.05, 3.63) is 28.8 Å². The van der Waals surface area contributed by atoms with Gasteiger partial charge in [-0.1, -0.05) is 18.5 Å². The van der Waals surface area contributed by atoms with Crippen molar-refractivity contribution in [1.29, 1.82) is 0 Å². The largest absolute Gasteiger partial charge is 0.493 e. The van der Waals surface area contributed by atoms with Gasteiger partial charge in [0.25, 0.3) is 5.91 Å². The molecular weight excluding hydrogens is 366 g/mol. The summed E-state index contributed by atoms with van der Waals surface area (Å²) in [6, 6.07) is 5.53. The van der Waals surface area contributed by atoms with Gasteiger partial charge < -0.3 is 19.9 Å². The number of nitrogens with one attached hydrogen (secondary N) is 2. The number of hydrogen-bond acceptors (Lipinski definition) is 3. The molecular formula is C20H31ClN3O3+. The molecule has 2 amide bonds. The molecule has 6 nitrogen and oxygen atoms in total. The van der Waals surface area contributed by atoms with Crippen LogP contribution in [-0.4, -0.2) is 62.6 Å². The number of ether oxygens (including phenoxy) is 1. The highest BCUT2D eigenvalue weighted by molar-refractivity contribution is 6.30. The van der Waals surface area contributed by atoms with Crippen LogP contribution in [-0.2, 0) is 9.59 Å². The third-order valence-corrected chi connectivity index (χ3v) is 4.97. The lowest BCUT2D eigenvalue weighted by molar-refractivity contribution is -0.896. The van der Waals surface area contributed by atoms with Crippen molar-refractivity contribution in [2.24, 2.45) is 0 Å². The molecule has 1 aromatic rings. The van der Waals surface area contributed by atoms with Crippen LogP contribution in [0.1, 0.15) is 31.7 Å². The summed E-state index contributed by atoms with van der Waals surface area (Å²) in [7, 11) is 0. The molecule has 0 spiro atoms. The van der Waals surface area contributed by atoms with Gasteiger partial charge in [-0.2, -0.15) is 0 Å². The zero-order valence-electron chi connectivity index (χ0n) is 16.4. The first kappa shape index (κ1) is 21.5. The molecule has 1 aliphatic heterocycles. The number of quaternary nitrogens is 1. The third kappa shape index (κ3) is 7.39. The van der Waals surface area contributed by atoms with Crippen LogP contribution in [0.2, 0.25) is 5.02 Å². The Morgan fingerprint density at radius 1 is 1.30 bits per heavy atom. The lowest BCUT2D eigenvalue weighted by Gasteiger charge is -2.32. The number of rotatable bonds is 9. The van der Waals surface area contributed by atoms with Gasteiger partial charge in [-0.3, -0.25) is 9.59 Å². The Morgan fingerprint density at radius 2 is 2.04 bits per heavy atom. The second-order valence-electron chi connectivity index (χ2n) is 7.02. The summed E-state index contributed by atoms with van der Waals surface area (Å²) in [5, 5.41) is 3.60. The van der Waals surface area contributed by atoms with Gasteiger partial charge in [-0.25, -0.2) is 0 Å². The van der Waals surface area contributed by atoms with Crippen molar-refractivity contribution >= 4 is 23.4 Å². The first-order valence-corrected chi connectivity index (χ1v) is 10.1. The molecule has 0 saturated carbocycles. The monoisotopic (exact) mass is 396 g/mol. The van der Waals surface area contributed by atoms with Gasteiger partial charge in [-0.15, -0.1) is 0 Å². The van der Waals surface area contributed by atoms with Gasteiger partial charge in [0.1, 0.15) is 5.75 Å². The van der Waals surface area contributed by atoms with Crippen LogP contribution in [0.4, 0.5) is 0 Å². The zero-order chi connectivity index (χ0) is 19.6. The molecule has 0 radical (unpaired) electrons.